The fourth-order valence-corrected chi connectivity index (χ4v) is 2.98. The maximum atomic E-state index is 9.55. The van der Waals surface area contributed by atoms with E-state index in [9.17, 15) is 10.2 Å². The number of aromatic hydroxyl groups is 2. The molecule has 2 heteroatoms. The topological polar surface area (TPSA) is 40.5 Å². The molecule has 0 amide bonds. The molecular weight excluding hydrogens is 344 g/mol. The molecule has 0 aliphatic carbocycles. The molecule has 0 atom stereocenters. The van der Waals surface area contributed by atoms with Crippen LogP contribution in [0.2, 0.25) is 0 Å². The summed E-state index contributed by atoms with van der Waals surface area (Å²) in [5.41, 5.74) is 6.71. The number of hydrogen-bond donors (Lipinski definition) is 2. The normalized spacial score (nSPS) is 13.0. The van der Waals surface area contributed by atoms with Gasteiger partial charge in [0.1, 0.15) is 0 Å². The molecule has 1 rings (SSSR count). The van der Waals surface area contributed by atoms with E-state index in [0.717, 1.165) is 50.5 Å². The smallest absolute Gasteiger partial charge is 0.157 e. The lowest BCUT2D eigenvalue weighted by atomic mass is 10.0. The molecule has 154 valence electrons. The van der Waals surface area contributed by atoms with Crippen LogP contribution in [0.3, 0.4) is 0 Å². The lowest BCUT2D eigenvalue weighted by Crippen LogP contribution is -1.85. The van der Waals surface area contributed by atoms with Gasteiger partial charge in [0.05, 0.1) is 0 Å². The first-order valence-corrected chi connectivity index (χ1v) is 10.4. The van der Waals surface area contributed by atoms with Crippen molar-refractivity contribution in [2.75, 3.05) is 0 Å². The Labute approximate surface area is 172 Å². The minimum absolute atomic E-state index is 0.0525. The number of benzene rings is 1. The highest BCUT2D eigenvalue weighted by molar-refractivity contribution is 5.41. The van der Waals surface area contributed by atoms with Crippen LogP contribution in [-0.4, -0.2) is 10.2 Å². The molecule has 0 spiro atoms. The molecule has 0 aliphatic heterocycles. The molecule has 0 heterocycles. The van der Waals surface area contributed by atoms with E-state index in [1.54, 1.807) is 6.07 Å². The predicted octanol–water partition coefficient (Wildman–Crippen LogP) is 7.79. The summed E-state index contributed by atoms with van der Waals surface area (Å²) in [6.45, 7) is 10.9. The molecule has 2 N–H and O–H groups in total. The Morgan fingerprint density at radius 3 is 1.68 bits per heavy atom. The second-order valence-electron chi connectivity index (χ2n) is 8.08. The van der Waals surface area contributed by atoms with Crippen LogP contribution in [0.5, 0.6) is 11.5 Å². The summed E-state index contributed by atoms with van der Waals surface area (Å²) in [5, 5.41) is 18.9. The molecule has 0 radical (unpaired) electrons. The van der Waals surface area contributed by atoms with Crippen molar-refractivity contribution in [1.29, 1.82) is 0 Å². The van der Waals surface area contributed by atoms with Crippen molar-refractivity contribution < 1.29 is 10.2 Å². The quantitative estimate of drug-likeness (QED) is 0.303. The summed E-state index contributed by atoms with van der Waals surface area (Å²) < 4.78 is 0. The summed E-state index contributed by atoms with van der Waals surface area (Å²) >= 11 is 0. The highest BCUT2D eigenvalue weighted by Gasteiger charge is 2.00. The van der Waals surface area contributed by atoms with Gasteiger partial charge in [-0.15, -0.1) is 0 Å². The van der Waals surface area contributed by atoms with Gasteiger partial charge in [0.25, 0.3) is 0 Å². The number of phenols is 2. The first-order chi connectivity index (χ1) is 13.3. The Bertz CT molecular complexity index is 729. The highest BCUT2D eigenvalue weighted by Crippen LogP contribution is 2.25. The van der Waals surface area contributed by atoms with E-state index in [0.29, 0.717) is 0 Å². The van der Waals surface area contributed by atoms with Crippen LogP contribution in [0.4, 0.5) is 0 Å². The molecule has 0 aliphatic rings. The van der Waals surface area contributed by atoms with Crippen molar-refractivity contribution in [3.63, 3.8) is 0 Å². The molecule has 1 aromatic rings. The third kappa shape index (κ3) is 10.8. The molecule has 0 bridgehead atoms. The van der Waals surface area contributed by atoms with Crippen LogP contribution in [0.15, 0.2) is 64.8 Å². The van der Waals surface area contributed by atoms with Gasteiger partial charge in [-0.3, -0.25) is 0 Å². The maximum absolute atomic E-state index is 9.55. The van der Waals surface area contributed by atoms with Crippen LogP contribution >= 0.6 is 0 Å². The summed E-state index contributed by atoms with van der Waals surface area (Å²) in [6, 6.07) is 5.01. The molecule has 0 aromatic heterocycles. The van der Waals surface area contributed by atoms with Crippen LogP contribution in [-0.2, 0) is 6.42 Å². The summed E-state index contributed by atoms with van der Waals surface area (Å²) in [5.74, 6) is -0.119. The van der Waals surface area contributed by atoms with Crippen LogP contribution < -0.4 is 0 Å². The number of rotatable bonds is 11. The van der Waals surface area contributed by atoms with Gasteiger partial charge in [-0.1, -0.05) is 52.7 Å². The second-order valence-corrected chi connectivity index (χ2v) is 8.08. The van der Waals surface area contributed by atoms with E-state index in [-0.39, 0.29) is 11.5 Å². The molecule has 0 unspecified atom stereocenters. The predicted molar refractivity (Wildman–Crippen MR) is 122 cm³/mol. The van der Waals surface area contributed by atoms with Crippen molar-refractivity contribution in [2.45, 2.75) is 79.6 Å². The number of hydrogen-bond acceptors (Lipinski definition) is 2. The number of phenolic OH excluding ortho intramolecular Hbond substituents is 2. The molecule has 0 saturated heterocycles. The molecule has 2 nitrogen and oxygen atoms in total. The van der Waals surface area contributed by atoms with Gasteiger partial charge in [0.15, 0.2) is 11.5 Å². The zero-order chi connectivity index (χ0) is 20.9. The van der Waals surface area contributed by atoms with Gasteiger partial charge in [-0.05, 0) is 97.3 Å². The van der Waals surface area contributed by atoms with Crippen LogP contribution in [0.25, 0.3) is 0 Å². The minimum atomic E-state index is -0.0667. The third-order valence-electron chi connectivity index (χ3n) is 4.88. The van der Waals surface area contributed by atoms with E-state index in [4.69, 9.17) is 0 Å². The summed E-state index contributed by atoms with van der Waals surface area (Å²) in [6.07, 6.45) is 16.7. The highest BCUT2D eigenvalue weighted by atomic mass is 16.3. The largest absolute Gasteiger partial charge is 0.504 e. The fraction of sp³-hybridized carbons (Fsp3) is 0.462. The van der Waals surface area contributed by atoms with Crippen molar-refractivity contribution in [1.82, 2.24) is 0 Å². The minimum Gasteiger partial charge on any atom is -0.504 e. The Hall–Kier alpha value is -2.22. The van der Waals surface area contributed by atoms with E-state index >= 15 is 0 Å². The lowest BCUT2D eigenvalue weighted by Gasteiger charge is -2.04. The van der Waals surface area contributed by atoms with E-state index < -0.39 is 0 Å². The van der Waals surface area contributed by atoms with Gasteiger partial charge in [-0.2, -0.15) is 0 Å². The Morgan fingerprint density at radius 1 is 0.679 bits per heavy atom. The first kappa shape index (κ1) is 23.8. The van der Waals surface area contributed by atoms with Gasteiger partial charge in [-0.25, -0.2) is 0 Å². The third-order valence-corrected chi connectivity index (χ3v) is 4.88. The van der Waals surface area contributed by atoms with Gasteiger partial charge >= 0.3 is 0 Å². The second kappa shape index (κ2) is 13.0. The lowest BCUT2D eigenvalue weighted by molar-refractivity contribution is 0.403. The van der Waals surface area contributed by atoms with E-state index in [1.807, 2.05) is 6.07 Å². The van der Waals surface area contributed by atoms with E-state index in [2.05, 4.69) is 58.9 Å². The van der Waals surface area contributed by atoms with Crippen molar-refractivity contribution in [2.24, 2.45) is 0 Å². The maximum Gasteiger partial charge on any atom is 0.157 e. The number of allylic oxidation sites excluding steroid dienone is 8. The van der Waals surface area contributed by atoms with Gasteiger partial charge in [0, 0.05) is 0 Å². The van der Waals surface area contributed by atoms with Crippen LogP contribution in [0.1, 0.15) is 78.7 Å². The molecule has 0 saturated carbocycles. The standard InChI is InChI=1S/C26H38O2/c1-20(2)9-6-10-21(3)11-7-12-22(4)13-8-14-23(5)15-16-24-17-18-25(27)26(28)19-24/h9,11,13,15,17-19,27-28H,6-8,10,12,14,16H2,1-5H3. The monoisotopic (exact) mass is 382 g/mol. The average molecular weight is 383 g/mol. The summed E-state index contributed by atoms with van der Waals surface area (Å²) in [7, 11) is 0. The van der Waals surface area contributed by atoms with Gasteiger partial charge in [0.2, 0.25) is 0 Å². The van der Waals surface area contributed by atoms with Crippen molar-refractivity contribution in [3.05, 3.63) is 70.4 Å². The SMILES string of the molecule is CC(C)=CCCC(C)=CCCC(C)=CCCC(C)=CCc1ccc(O)c(O)c1. The van der Waals surface area contributed by atoms with Crippen molar-refractivity contribution >= 4 is 0 Å². The van der Waals surface area contributed by atoms with Crippen molar-refractivity contribution in [3.8, 4) is 11.5 Å². The molecule has 0 fully saturated rings. The van der Waals surface area contributed by atoms with E-state index in [1.165, 1.54) is 28.4 Å². The fourth-order valence-electron chi connectivity index (χ4n) is 2.98. The Kier molecular flexibility index (Phi) is 11.1. The summed E-state index contributed by atoms with van der Waals surface area (Å²) in [4.78, 5) is 0. The Morgan fingerprint density at radius 2 is 1.18 bits per heavy atom. The zero-order valence-corrected chi connectivity index (χ0v) is 18.4. The molecule has 28 heavy (non-hydrogen) atoms. The van der Waals surface area contributed by atoms with Gasteiger partial charge < -0.3 is 10.2 Å². The zero-order valence-electron chi connectivity index (χ0n) is 18.4. The Balaban J connectivity index is 2.32. The molecular formula is C26H38O2. The van der Waals surface area contributed by atoms with Crippen LogP contribution in [0, 0.1) is 0 Å². The first-order valence-electron chi connectivity index (χ1n) is 10.4. The average Bonchev–Trinajstić information content (AvgIpc) is 2.62. The molecule has 1 aromatic carbocycles.